The molecular weight excluding hydrogens is 236 g/mol. The predicted molar refractivity (Wildman–Crippen MR) is 56.0 cm³/mol. The minimum atomic E-state index is -3.54. The number of aliphatic hydroxyl groups is 1. The van der Waals surface area contributed by atoms with Gasteiger partial charge in [0.25, 0.3) is 0 Å². The molecule has 0 saturated carbocycles. The van der Waals surface area contributed by atoms with E-state index in [4.69, 9.17) is 15.6 Å². The van der Waals surface area contributed by atoms with E-state index in [1.54, 1.807) is 0 Å². The highest BCUT2D eigenvalue weighted by Crippen LogP contribution is 2.13. The number of nitrogens with one attached hydrogen (secondary N) is 1. The number of primary amides is 1. The molecule has 1 heterocycles. The summed E-state index contributed by atoms with van der Waals surface area (Å²) in [6.45, 7) is 0.175. The number of rotatable bonds is 6. The number of sulfonamides is 1. The normalized spacial score (nSPS) is 23.2. The Morgan fingerprint density at radius 2 is 2.31 bits per heavy atom. The number of ether oxygens (including phenoxy) is 1. The molecular formula is C8H16N2O5S. The Morgan fingerprint density at radius 3 is 2.81 bits per heavy atom. The Labute approximate surface area is 94.0 Å². The molecule has 16 heavy (non-hydrogen) atoms. The molecule has 7 nitrogen and oxygen atoms in total. The highest BCUT2D eigenvalue weighted by molar-refractivity contribution is 7.89. The van der Waals surface area contributed by atoms with E-state index in [0.29, 0.717) is 13.0 Å². The summed E-state index contributed by atoms with van der Waals surface area (Å²) in [6, 6.07) is 0. The van der Waals surface area contributed by atoms with Gasteiger partial charge in [0.05, 0.1) is 11.9 Å². The van der Waals surface area contributed by atoms with Crippen LogP contribution < -0.4 is 10.5 Å². The lowest BCUT2D eigenvalue weighted by Crippen LogP contribution is -2.42. The maximum Gasteiger partial charge on any atom is 0.247 e. The van der Waals surface area contributed by atoms with Crippen molar-refractivity contribution in [2.75, 3.05) is 18.9 Å². The van der Waals surface area contributed by atoms with Crippen molar-refractivity contribution in [1.82, 2.24) is 4.72 Å². The summed E-state index contributed by atoms with van der Waals surface area (Å²) in [7, 11) is -3.54. The van der Waals surface area contributed by atoms with Crippen LogP contribution in [0.15, 0.2) is 0 Å². The summed E-state index contributed by atoms with van der Waals surface area (Å²) >= 11 is 0. The third kappa shape index (κ3) is 4.44. The lowest BCUT2D eigenvalue weighted by molar-refractivity contribution is -0.125. The van der Waals surface area contributed by atoms with Gasteiger partial charge in [0.2, 0.25) is 15.9 Å². The summed E-state index contributed by atoms with van der Waals surface area (Å²) < 4.78 is 30.2. The number of carbonyl (C=O) groups excluding carboxylic acids is 1. The second-order valence-corrected chi connectivity index (χ2v) is 5.53. The van der Waals surface area contributed by atoms with Crippen molar-refractivity contribution >= 4 is 15.9 Å². The Kier molecular flexibility index (Phi) is 4.66. The summed E-state index contributed by atoms with van der Waals surface area (Å²) in [5.41, 5.74) is 4.78. The van der Waals surface area contributed by atoms with Crippen LogP contribution in [-0.4, -0.2) is 50.5 Å². The second-order valence-electron chi connectivity index (χ2n) is 3.68. The van der Waals surface area contributed by atoms with Crippen molar-refractivity contribution < 1.29 is 23.1 Å². The molecule has 0 aromatic heterocycles. The van der Waals surface area contributed by atoms with Gasteiger partial charge in [-0.2, -0.15) is 0 Å². The SMILES string of the molecule is NC(=O)C(O)CNS(=O)(=O)CC1CCCO1. The maximum atomic E-state index is 11.5. The summed E-state index contributed by atoms with van der Waals surface area (Å²) in [5, 5.41) is 9.02. The van der Waals surface area contributed by atoms with Crippen LogP contribution in [0.1, 0.15) is 12.8 Å². The first-order valence-electron chi connectivity index (χ1n) is 4.97. The van der Waals surface area contributed by atoms with Crippen LogP contribution in [0, 0.1) is 0 Å². The zero-order chi connectivity index (χ0) is 12.2. The molecule has 1 amide bonds. The van der Waals surface area contributed by atoms with E-state index in [0.717, 1.165) is 6.42 Å². The third-order valence-corrected chi connectivity index (χ3v) is 3.67. The summed E-state index contributed by atoms with van der Waals surface area (Å²) in [5.74, 6) is -1.11. The Hall–Kier alpha value is -0.700. The first kappa shape index (κ1) is 13.4. The van der Waals surface area contributed by atoms with E-state index in [2.05, 4.69) is 4.72 Å². The molecule has 1 aliphatic rings. The van der Waals surface area contributed by atoms with Crippen LogP contribution in [0.3, 0.4) is 0 Å². The highest BCUT2D eigenvalue weighted by atomic mass is 32.2. The van der Waals surface area contributed by atoms with Gasteiger partial charge >= 0.3 is 0 Å². The lowest BCUT2D eigenvalue weighted by Gasteiger charge is -2.12. The number of carbonyl (C=O) groups is 1. The minimum absolute atomic E-state index is 0.154. The molecule has 0 aliphatic carbocycles. The highest BCUT2D eigenvalue weighted by Gasteiger charge is 2.24. The molecule has 1 aliphatic heterocycles. The molecule has 0 spiro atoms. The minimum Gasteiger partial charge on any atom is -0.382 e. The zero-order valence-electron chi connectivity index (χ0n) is 8.76. The Morgan fingerprint density at radius 1 is 1.62 bits per heavy atom. The molecule has 1 rings (SSSR count). The standard InChI is InChI=1S/C8H16N2O5S/c9-8(12)7(11)4-10-16(13,14)5-6-2-1-3-15-6/h6-7,10-11H,1-5H2,(H2,9,12). The molecule has 0 bridgehead atoms. The van der Waals surface area contributed by atoms with Gasteiger partial charge in [-0.25, -0.2) is 13.1 Å². The fourth-order valence-electron chi connectivity index (χ4n) is 1.39. The van der Waals surface area contributed by atoms with Crippen molar-refractivity contribution in [3.8, 4) is 0 Å². The molecule has 2 unspecified atom stereocenters. The van der Waals surface area contributed by atoms with E-state index in [1.807, 2.05) is 0 Å². The average molecular weight is 252 g/mol. The maximum absolute atomic E-state index is 11.5. The van der Waals surface area contributed by atoms with Crippen LogP contribution in [0.5, 0.6) is 0 Å². The topological polar surface area (TPSA) is 119 Å². The van der Waals surface area contributed by atoms with Crippen LogP contribution in [0.2, 0.25) is 0 Å². The van der Waals surface area contributed by atoms with Gasteiger partial charge in [-0.1, -0.05) is 0 Å². The number of amides is 1. The molecule has 94 valence electrons. The third-order valence-electron chi connectivity index (χ3n) is 2.25. The largest absolute Gasteiger partial charge is 0.382 e. The molecule has 0 aromatic carbocycles. The van der Waals surface area contributed by atoms with Crippen molar-refractivity contribution in [3.05, 3.63) is 0 Å². The van der Waals surface area contributed by atoms with Gasteiger partial charge in [-0.3, -0.25) is 4.79 Å². The number of hydrogen-bond donors (Lipinski definition) is 3. The smallest absolute Gasteiger partial charge is 0.247 e. The molecule has 1 saturated heterocycles. The fourth-order valence-corrected chi connectivity index (χ4v) is 2.67. The number of aliphatic hydroxyl groups excluding tert-OH is 1. The first-order valence-corrected chi connectivity index (χ1v) is 6.62. The van der Waals surface area contributed by atoms with Gasteiger partial charge in [0.1, 0.15) is 6.10 Å². The van der Waals surface area contributed by atoms with E-state index >= 15 is 0 Å². The number of hydrogen-bond acceptors (Lipinski definition) is 5. The Bertz CT molecular complexity index is 336. The molecule has 4 N–H and O–H groups in total. The van der Waals surface area contributed by atoms with Crippen molar-refractivity contribution in [3.63, 3.8) is 0 Å². The average Bonchev–Trinajstić information content (AvgIpc) is 2.65. The summed E-state index contributed by atoms with van der Waals surface area (Å²) in [6.07, 6.45) is -0.244. The predicted octanol–water partition coefficient (Wildman–Crippen LogP) is -2.07. The van der Waals surface area contributed by atoms with Gasteiger partial charge < -0.3 is 15.6 Å². The second kappa shape index (κ2) is 5.58. The number of nitrogens with two attached hydrogens (primary N) is 1. The summed E-state index contributed by atoms with van der Waals surface area (Å²) in [4.78, 5) is 10.5. The van der Waals surface area contributed by atoms with Crippen molar-refractivity contribution in [2.45, 2.75) is 25.0 Å². The lowest BCUT2D eigenvalue weighted by atomic mass is 10.3. The first-order chi connectivity index (χ1) is 7.41. The molecule has 2 atom stereocenters. The quantitative estimate of drug-likeness (QED) is 0.502. The van der Waals surface area contributed by atoms with E-state index in [9.17, 15) is 13.2 Å². The van der Waals surface area contributed by atoms with Crippen molar-refractivity contribution in [1.29, 1.82) is 0 Å². The van der Waals surface area contributed by atoms with Crippen LogP contribution >= 0.6 is 0 Å². The van der Waals surface area contributed by atoms with Crippen LogP contribution in [0.4, 0.5) is 0 Å². The molecule has 0 radical (unpaired) electrons. The van der Waals surface area contributed by atoms with Crippen LogP contribution in [-0.2, 0) is 19.6 Å². The fraction of sp³-hybridized carbons (Fsp3) is 0.875. The van der Waals surface area contributed by atoms with Gasteiger partial charge in [0, 0.05) is 13.2 Å². The molecule has 8 heteroatoms. The van der Waals surface area contributed by atoms with Gasteiger partial charge in [-0.05, 0) is 12.8 Å². The van der Waals surface area contributed by atoms with E-state index in [-0.39, 0.29) is 11.9 Å². The van der Waals surface area contributed by atoms with Crippen molar-refractivity contribution in [2.24, 2.45) is 5.73 Å². The molecule has 1 fully saturated rings. The monoisotopic (exact) mass is 252 g/mol. The molecule has 0 aromatic rings. The van der Waals surface area contributed by atoms with E-state index in [1.165, 1.54) is 0 Å². The van der Waals surface area contributed by atoms with Gasteiger partial charge in [0.15, 0.2) is 0 Å². The Balaban J connectivity index is 2.36. The zero-order valence-corrected chi connectivity index (χ0v) is 9.57. The van der Waals surface area contributed by atoms with Crippen LogP contribution in [0.25, 0.3) is 0 Å². The van der Waals surface area contributed by atoms with Gasteiger partial charge in [-0.15, -0.1) is 0 Å². The van der Waals surface area contributed by atoms with E-state index < -0.39 is 28.6 Å².